The van der Waals surface area contributed by atoms with Crippen molar-refractivity contribution in [2.24, 2.45) is 10.7 Å². The predicted octanol–water partition coefficient (Wildman–Crippen LogP) is 2.16. The van der Waals surface area contributed by atoms with Crippen LogP contribution in [0.5, 0.6) is 5.75 Å². The Kier molecular flexibility index (Phi) is 4.27. The first-order valence-corrected chi connectivity index (χ1v) is 8.02. The summed E-state index contributed by atoms with van der Waals surface area (Å²) in [7, 11) is 5.97. The van der Waals surface area contributed by atoms with Gasteiger partial charge in [0.05, 0.1) is 6.10 Å². The van der Waals surface area contributed by atoms with Crippen molar-refractivity contribution in [2.45, 2.75) is 32.4 Å². The number of hydrogen-bond acceptors (Lipinski definition) is 4. The zero-order valence-corrected chi connectivity index (χ0v) is 14.2. The zero-order chi connectivity index (χ0) is 17.3. The van der Waals surface area contributed by atoms with E-state index in [1.807, 2.05) is 57.2 Å². The van der Waals surface area contributed by atoms with Crippen molar-refractivity contribution in [3.05, 3.63) is 59.2 Å². The van der Waals surface area contributed by atoms with Gasteiger partial charge in [0.15, 0.2) is 0 Å². The van der Waals surface area contributed by atoms with Gasteiger partial charge >= 0.3 is 0 Å². The lowest BCUT2D eigenvalue weighted by Crippen LogP contribution is -2.28. The van der Waals surface area contributed by atoms with Gasteiger partial charge in [-0.1, -0.05) is 35.8 Å². The van der Waals surface area contributed by atoms with Gasteiger partial charge in [-0.15, -0.1) is 0 Å². The van der Waals surface area contributed by atoms with Crippen LogP contribution in [0.1, 0.15) is 30.5 Å². The lowest BCUT2D eigenvalue weighted by atomic mass is 9.81. The molecule has 1 unspecified atom stereocenters. The minimum absolute atomic E-state index is 0.126. The molecule has 0 fully saturated rings. The summed E-state index contributed by atoms with van der Waals surface area (Å²) in [5, 5.41) is 0. The summed E-state index contributed by atoms with van der Waals surface area (Å²) in [5.41, 5.74) is 8.84. The largest absolute Gasteiger partial charge is 0.491 e. The average molecular weight is 320 g/mol. The molecule has 1 aliphatic heterocycles. The molecule has 3 rings (SSSR count). The molecule has 24 heavy (non-hydrogen) atoms. The summed E-state index contributed by atoms with van der Waals surface area (Å²) in [5.74, 6) is 0.868. The minimum Gasteiger partial charge on any atom is -0.491 e. The second kappa shape index (κ2) is 6.23. The molecule has 1 aliphatic rings. The van der Waals surface area contributed by atoms with Crippen LogP contribution >= 0.6 is 0 Å². The average Bonchev–Trinajstić information content (AvgIpc) is 2.92. The molecule has 0 aliphatic carbocycles. The number of rotatable bonds is 4. The molecule has 2 N–H and O–H groups in total. The van der Waals surface area contributed by atoms with Crippen molar-refractivity contribution in [3.63, 3.8) is 0 Å². The molecule has 1 atom stereocenters. The summed E-state index contributed by atoms with van der Waals surface area (Å²) in [4.78, 5) is 4.61. The predicted molar refractivity (Wildman–Crippen MR) is 97.1 cm³/mol. The monoisotopic (exact) mass is 320 g/mol. The number of benzene rings is 2. The standard InChI is InChI=1S/C19H21BN2O2/c1-12(2)24-17-8-7-15(9-13(17)3)19(11-23-18(21)22-19)14-5-4-6-16(20)10-14/h4-10,12H,11H2,1-3H3,(H2,21,22). The fourth-order valence-electron chi connectivity index (χ4n) is 2.98. The van der Waals surface area contributed by atoms with Crippen molar-refractivity contribution in [1.29, 1.82) is 0 Å². The number of amidine groups is 1. The lowest BCUT2D eigenvalue weighted by molar-refractivity contribution is 0.240. The first-order chi connectivity index (χ1) is 11.4. The van der Waals surface area contributed by atoms with Crippen LogP contribution in [0, 0.1) is 6.92 Å². The molecule has 2 aromatic rings. The first kappa shape index (κ1) is 16.4. The van der Waals surface area contributed by atoms with Gasteiger partial charge in [-0.2, -0.15) is 0 Å². The van der Waals surface area contributed by atoms with Crippen LogP contribution in [-0.4, -0.2) is 26.6 Å². The van der Waals surface area contributed by atoms with Crippen LogP contribution in [-0.2, 0) is 10.3 Å². The van der Waals surface area contributed by atoms with Gasteiger partial charge in [-0.25, -0.2) is 4.99 Å². The molecular weight excluding hydrogens is 299 g/mol. The molecule has 0 saturated carbocycles. The van der Waals surface area contributed by atoms with Crippen molar-refractivity contribution in [2.75, 3.05) is 6.61 Å². The highest BCUT2D eigenvalue weighted by Crippen LogP contribution is 2.38. The number of hydrogen-bond donors (Lipinski definition) is 1. The Morgan fingerprint density at radius 3 is 2.54 bits per heavy atom. The van der Waals surface area contributed by atoms with Gasteiger partial charge in [-0.05, 0) is 49.6 Å². The Bertz CT molecular complexity index is 789. The summed E-state index contributed by atoms with van der Waals surface area (Å²) < 4.78 is 11.3. The Morgan fingerprint density at radius 1 is 1.21 bits per heavy atom. The number of nitrogens with zero attached hydrogens (tertiary/aromatic N) is 1. The van der Waals surface area contributed by atoms with Crippen molar-refractivity contribution in [3.8, 4) is 5.75 Å². The lowest BCUT2D eigenvalue weighted by Gasteiger charge is -2.26. The van der Waals surface area contributed by atoms with Gasteiger partial charge in [0.1, 0.15) is 25.7 Å². The third-order valence-electron chi connectivity index (χ3n) is 4.11. The summed E-state index contributed by atoms with van der Waals surface area (Å²) in [6.45, 7) is 6.40. The van der Waals surface area contributed by atoms with E-state index >= 15 is 0 Å². The van der Waals surface area contributed by atoms with Crippen molar-refractivity contribution in [1.82, 2.24) is 0 Å². The number of aliphatic imine (C=N–C) groups is 1. The molecule has 4 nitrogen and oxygen atoms in total. The number of ether oxygens (including phenoxy) is 2. The smallest absolute Gasteiger partial charge is 0.283 e. The van der Waals surface area contributed by atoms with E-state index in [1.165, 1.54) is 0 Å². The molecule has 2 aromatic carbocycles. The molecule has 1 heterocycles. The van der Waals surface area contributed by atoms with E-state index < -0.39 is 5.54 Å². The summed E-state index contributed by atoms with van der Waals surface area (Å²) in [6, 6.07) is 13.9. The van der Waals surface area contributed by atoms with Crippen LogP contribution < -0.4 is 15.9 Å². The van der Waals surface area contributed by atoms with E-state index in [0.29, 0.717) is 12.1 Å². The van der Waals surface area contributed by atoms with E-state index in [4.69, 9.17) is 23.1 Å². The SMILES string of the molecule is [B]c1cccc(C2(c3ccc(OC(C)C)c(C)c3)COC(N)=N2)c1. The van der Waals surface area contributed by atoms with Gasteiger partial charge in [0, 0.05) is 0 Å². The number of nitrogens with two attached hydrogens (primary N) is 1. The molecule has 0 amide bonds. The molecular formula is C19H21BN2O2. The first-order valence-electron chi connectivity index (χ1n) is 8.02. The molecule has 0 spiro atoms. The van der Waals surface area contributed by atoms with E-state index in [0.717, 1.165) is 22.4 Å². The van der Waals surface area contributed by atoms with Gasteiger partial charge in [0.2, 0.25) is 0 Å². The highest BCUT2D eigenvalue weighted by Gasteiger charge is 2.40. The van der Waals surface area contributed by atoms with Gasteiger partial charge in [0.25, 0.3) is 6.02 Å². The van der Waals surface area contributed by atoms with Crippen LogP contribution in [0.3, 0.4) is 0 Å². The number of aryl methyl sites for hydroxylation is 1. The van der Waals surface area contributed by atoms with Crippen LogP contribution in [0.2, 0.25) is 0 Å². The highest BCUT2D eigenvalue weighted by atomic mass is 16.5. The maximum absolute atomic E-state index is 5.97. The van der Waals surface area contributed by atoms with E-state index in [-0.39, 0.29) is 12.1 Å². The van der Waals surface area contributed by atoms with Crippen molar-refractivity contribution >= 4 is 19.3 Å². The topological polar surface area (TPSA) is 56.8 Å². The Hall–Kier alpha value is -2.43. The summed E-state index contributed by atoms with van der Waals surface area (Å²) in [6.07, 6.45) is 0.126. The Morgan fingerprint density at radius 2 is 1.96 bits per heavy atom. The molecule has 0 saturated heterocycles. The Balaban J connectivity index is 2.10. The van der Waals surface area contributed by atoms with Crippen molar-refractivity contribution < 1.29 is 9.47 Å². The molecule has 5 heteroatoms. The molecule has 122 valence electrons. The second-order valence-corrected chi connectivity index (χ2v) is 6.37. The molecule has 0 bridgehead atoms. The Labute approximate surface area is 144 Å². The van der Waals surface area contributed by atoms with Crippen LogP contribution in [0.4, 0.5) is 0 Å². The van der Waals surface area contributed by atoms with Gasteiger partial charge in [-0.3, -0.25) is 0 Å². The summed E-state index contributed by atoms with van der Waals surface area (Å²) >= 11 is 0. The molecule has 2 radical (unpaired) electrons. The van der Waals surface area contributed by atoms with E-state index in [9.17, 15) is 0 Å². The normalized spacial score (nSPS) is 19.9. The highest BCUT2D eigenvalue weighted by molar-refractivity contribution is 6.32. The minimum atomic E-state index is -0.680. The fourth-order valence-corrected chi connectivity index (χ4v) is 2.98. The van der Waals surface area contributed by atoms with Crippen LogP contribution in [0.15, 0.2) is 47.5 Å². The molecule has 0 aromatic heterocycles. The maximum atomic E-state index is 5.97. The van der Waals surface area contributed by atoms with E-state index in [1.54, 1.807) is 0 Å². The maximum Gasteiger partial charge on any atom is 0.283 e. The quantitative estimate of drug-likeness (QED) is 0.879. The third kappa shape index (κ3) is 2.98. The van der Waals surface area contributed by atoms with E-state index in [2.05, 4.69) is 11.1 Å². The zero-order valence-electron chi connectivity index (χ0n) is 14.2. The fraction of sp³-hybridized carbons (Fsp3) is 0.316. The third-order valence-corrected chi connectivity index (χ3v) is 4.11. The second-order valence-electron chi connectivity index (χ2n) is 6.37. The van der Waals surface area contributed by atoms with Gasteiger partial charge < -0.3 is 15.2 Å². The van der Waals surface area contributed by atoms with Crippen LogP contribution in [0.25, 0.3) is 0 Å².